The van der Waals surface area contributed by atoms with Gasteiger partial charge in [-0.25, -0.2) is 20.3 Å². The van der Waals surface area contributed by atoms with Gasteiger partial charge in [0.1, 0.15) is 5.84 Å². The normalized spacial score (nSPS) is 10.3. The number of carboxylic acid groups (broad SMARTS) is 1. The summed E-state index contributed by atoms with van der Waals surface area (Å²) < 4.78 is 0. The molecule has 0 unspecified atom stereocenters. The Morgan fingerprint density at radius 1 is 0.914 bits per heavy atom. The van der Waals surface area contributed by atoms with Gasteiger partial charge in [-0.3, -0.25) is 15.6 Å². The van der Waals surface area contributed by atoms with E-state index in [2.05, 4.69) is 25.7 Å². The molecular weight excluding hydrogens is 452 g/mol. The first-order valence-corrected chi connectivity index (χ1v) is 10.1. The number of nitrogens with two attached hydrogens (primary N) is 2. The van der Waals surface area contributed by atoms with Crippen LogP contribution in [-0.4, -0.2) is 38.6 Å². The highest BCUT2D eigenvalue weighted by Gasteiger charge is 2.21. The molecule has 0 aliphatic heterocycles. The summed E-state index contributed by atoms with van der Waals surface area (Å²) in [6.45, 7) is 0.295. The Hall–Kier alpha value is -5.20. The third kappa shape index (κ3) is 5.98. The van der Waals surface area contributed by atoms with E-state index in [4.69, 9.17) is 27.8 Å². The van der Waals surface area contributed by atoms with Crippen LogP contribution in [0.15, 0.2) is 53.6 Å². The maximum absolute atomic E-state index is 12.9. The average molecular weight is 474 g/mol. The van der Waals surface area contributed by atoms with Crippen LogP contribution in [0.4, 0.5) is 11.6 Å². The molecule has 1 aromatic heterocycles. The molecule has 10 N–H and O–H groups in total. The summed E-state index contributed by atoms with van der Waals surface area (Å²) >= 11 is 0. The molecule has 3 rings (SSSR count). The summed E-state index contributed by atoms with van der Waals surface area (Å²) in [4.78, 5) is 32.3. The summed E-state index contributed by atoms with van der Waals surface area (Å²) in [5.74, 6) is -2.74. The monoisotopic (exact) mass is 474 g/mol. The number of nitrogens with zero attached hydrogens (tertiary/aromatic N) is 3. The molecule has 13 nitrogen and oxygen atoms in total. The first-order valence-electron chi connectivity index (χ1n) is 10.1. The molecule has 0 saturated heterocycles. The van der Waals surface area contributed by atoms with Crippen molar-refractivity contribution in [1.29, 1.82) is 16.3 Å². The van der Waals surface area contributed by atoms with E-state index in [0.29, 0.717) is 16.7 Å². The number of rotatable bonds is 9. The van der Waals surface area contributed by atoms with E-state index < -0.39 is 23.4 Å². The second-order valence-corrected chi connectivity index (χ2v) is 7.26. The third-order valence-electron chi connectivity index (χ3n) is 4.86. The third-order valence-corrected chi connectivity index (χ3v) is 4.86. The van der Waals surface area contributed by atoms with Crippen molar-refractivity contribution >= 4 is 35.2 Å². The fourth-order valence-corrected chi connectivity index (χ4v) is 2.99. The predicted molar refractivity (Wildman–Crippen MR) is 128 cm³/mol. The predicted octanol–water partition coefficient (Wildman–Crippen LogP) is 1.94. The van der Waals surface area contributed by atoms with E-state index in [-0.39, 0.29) is 36.3 Å². The minimum absolute atomic E-state index is 0.0643. The van der Waals surface area contributed by atoms with Crippen molar-refractivity contribution in [3.8, 4) is 0 Å². The molecule has 0 saturated carbocycles. The van der Waals surface area contributed by atoms with Crippen LogP contribution >= 0.6 is 0 Å². The Bertz CT molecular complexity index is 1300. The lowest BCUT2D eigenvalue weighted by Gasteiger charge is -2.13. The van der Waals surface area contributed by atoms with E-state index in [0.717, 1.165) is 5.56 Å². The van der Waals surface area contributed by atoms with Crippen LogP contribution in [0, 0.1) is 16.3 Å². The topological polar surface area (TPSA) is 240 Å². The van der Waals surface area contributed by atoms with E-state index in [1.54, 1.807) is 48.5 Å². The maximum Gasteiger partial charge on any atom is 0.358 e. The second kappa shape index (κ2) is 10.6. The van der Waals surface area contributed by atoms with Crippen LogP contribution in [0.5, 0.6) is 0 Å². The van der Waals surface area contributed by atoms with Gasteiger partial charge in [0.25, 0.3) is 5.91 Å². The van der Waals surface area contributed by atoms with E-state index in [1.165, 1.54) is 0 Å². The van der Waals surface area contributed by atoms with Crippen LogP contribution < -0.4 is 22.1 Å². The van der Waals surface area contributed by atoms with Gasteiger partial charge in [0.05, 0.1) is 0 Å². The number of carbonyl (C=O) groups is 2. The molecule has 0 radical (unpaired) electrons. The number of hydrogen-bond acceptors (Lipinski definition) is 9. The first kappa shape index (κ1) is 24.4. The molecule has 3 aromatic rings. The van der Waals surface area contributed by atoms with Crippen LogP contribution in [0.2, 0.25) is 0 Å². The van der Waals surface area contributed by atoms with E-state index in [1.807, 2.05) is 0 Å². The van der Waals surface area contributed by atoms with Gasteiger partial charge in [0.2, 0.25) is 0 Å². The van der Waals surface area contributed by atoms with Crippen molar-refractivity contribution in [2.75, 3.05) is 11.1 Å². The molecule has 0 bridgehead atoms. The number of amidine groups is 2. The quantitative estimate of drug-likeness (QED) is 0.129. The van der Waals surface area contributed by atoms with Crippen molar-refractivity contribution in [1.82, 2.24) is 15.3 Å². The SMILES string of the molecule is N=NC(=N)c1ccc(CNC(=O)c2nc(N)c(C(=O)O)nc2NCc2ccc(C(=N)N)cc2)cc1. The average Bonchev–Trinajstić information content (AvgIpc) is 2.86. The van der Waals surface area contributed by atoms with Gasteiger partial charge in [0, 0.05) is 24.2 Å². The number of benzene rings is 2. The number of amides is 1. The van der Waals surface area contributed by atoms with E-state index >= 15 is 0 Å². The molecule has 1 amide bonds. The zero-order chi connectivity index (χ0) is 25.5. The lowest BCUT2D eigenvalue weighted by atomic mass is 10.1. The van der Waals surface area contributed by atoms with Gasteiger partial charge < -0.3 is 27.2 Å². The fourth-order valence-electron chi connectivity index (χ4n) is 2.99. The molecule has 0 spiro atoms. The van der Waals surface area contributed by atoms with Crippen LogP contribution in [0.3, 0.4) is 0 Å². The lowest BCUT2D eigenvalue weighted by Crippen LogP contribution is -2.27. The summed E-state index contributed by atoms with van der Waals surface area (Å²) in [6.07, 6.45) is 0. The van der Waals surface area contributed by atoms with Gasteiger partial charge in [-0.05, 0) is 11.1 Å². The van der Waals surface area contributed by atoms with Crippen LogP contribution in [0.1, 0.15) is 43.2 Å². The Morgan fingerprint density at radius 3 is 2.03 bits per heavy atom. The standard InChI is InChI=1S/C22H22N10O3/c23-17(24)13-5-1-11(2-6-13)9-28-20-16(30-19(26)15(31-20)22(34)35)21(33)29-10-12-3-7-14(8-4-12)18(25)32-27/h1-8,25,27H,9-10H2,(H3,23,24)(H2,26,30)(H,28,31)(H,29,33)(H,34,35). The summed E-state index contributed by atoms with van der Waals surface area (Å²) in [5.41, 5.74) is 19.9. The largest absolute Gasteiger partial charge is 0.476 e. The minimum atomic E-state index is -1.39. The highest BCUT2D eigenvalue weighted by molar-refractivity contribution is 5.99. The van der Waals surface area contributed by atoms with Crippen LogP contribution in [0.25, 0.3) is 0 Å². The van der Waals surface area contributed by atoms with Crippen molar-refractivity contribution < 1.29 is 14.7 Å². The zero-order valence-corrected chi connectivity index (χ0v) is 18.3. The Labute approximate surface area is 199 Å². The second-order valence-electron chi connectivity index (χ2n) is 7.26. The molecule has 0 aliphatic carbocycles. The Morgan fingerprint density at radius 2 is 1.49 bits per heavy atom. The molecule has 13 heteroatoms. The molecule has 35 heavy (non-hydrogen) atoms. The van der Waals surface area contributed by atoms with Crippen molar-refractivity contribution in [3.63, 3.8) is 0 Å². The van der Waals surface area contributed by atoms with Crippen LogP contribution in [-0.2, 0) is 13.1 Å². The number of aromatic carboxylic acids is 1. The summed E-state index contributed by atoms with van der Waals surface area (Å²) in [6, 6.07) is 13.3. The summed E-state index contributed by atoms with van der Waals surface area (Å²) in [5, 5.41) is 33.0. The summed E-state index contributed by atoms with van der Waals surface area (Å²) in [7, 11) is 0. The number of carbonyl (C=O) groups excluding carboxylic acids is 1. The molecule has 0 aliphatic rings. The van der Waals surface area contributed by atoms with Crippen molar-refractivity contribution in [2.24, 2.45) is 10.8 Å². The Kier molecular flexibility index (Phi) is 7.41. The van der Waals surface area contributed by atoms with Gasteiger partial charge in [0.15, 0.2) is 28.9 Å². The number of carboxylic acids is 1. The fraction of sp³-hybridized carbons (Fsp3) is 0.0909. The maximum atomic E-state index is 12.9. The number of aromatic nitrogens is 2. The molecule has 178 valence electrons. The van der Waals surface area contributed by atoms with Crippen molar-refractivity contribution in [2.45, 2.75) is 13.1 Å². The smallest absolute Gasteiger partial charge is 0.358 e. The molecular formula is C22H22N10O3. The highest BCUT2D eigenvalue weighted by atomic mass is 16.4. The number of hydrogen-bond donors (Lipinski definition) is 8. The number of anilines is 2. The molecule has 1 heterocycles. The minimum Gasteiger partial charge on any atom is -0.476 e. The number of nitrogens with one attached hydrogen (secondary N) is 5. The lowest BCUT2D eigenvalue weighted by molar-refractivity contribution is 0.0690. The highest BCUT2D eigenvalue weighted by Crippen LogP contribution is 2.18. The zero-order valence-electron chi connectivity index (χ0n) is 18.3. The number of nitrogen functional groups attached to an aromatic ring is 2. The van der Waals surface area contributed by atoms with Gasteiger partial charge >= 0.3 is 5.97 Å². The molecule has 0 fully saturated rings. The van der Waals surface area contributed by atoms with Gasteiger partial charge in [-0.1, -0.05) is 48.5 Å². The van der Waals surface area contributed by atoms with Gasteiger partial charge in [-0.15, -0.1) is 5.11 Å². The van der Waals surface area contributed by atoms with E-state index in [9.17, 15) is 14.7 Å². The Balaban J connectivity index is 1.79. The first-order chi connectivity index (χ1) is 16.7. The van der Waals surface area contributed by atoms with Crippen molar-refractivity contribution in [3.05, 3.63) is 82.2 Å². The molecule has 2 aromatic carbocycles. The molecule has 0 atom stereocenters. The van der Waals surface area contributed by atoms with Gasteiger partial charge in [-0.2, -0.15) is 0 Å².